The Kier molecular flexibility index (Phi) is 4.73. The van der Waals surface area contributed by atoms with Gasteiger partial charge in [0, 0.05) is 29.8 Å². The first kappa shape index (κ1) is 18.4. The summed E-state index contributed by atoms with van der Waals surface area (Å²) in [6, 6.07) is 7.02. The van der Waals surface area contributed by atoms with E-state index < -0.39 is 0 Å². The number of fused-ring (bicyclic) bond motifs is 4. The zero-order valence-electron chi connectivity index (χ0n) is 16.3. The van der Waals surface area contributed by atoms with Crippen molar-refractivity contribution in [1.29, 1.82) is 0 Å². The Hall–Kier alpha value is -2.99. The maximum absolute atomic E-state index is 12.6. The van der Waals surface area contributed by atoms with Gasteiger partial charge in [0.1, 0.15) is 16.5 Å². The molecule has 144 valence electrons. The molecule has 1 aromatic rings. The molecule has 1 amide bonds. The highest BCUT2D eigenvalue weighted by molar-refractivity contribution is 6.07. The average molecular weight is 377 g/mol. The van der Waals surface area contributed by atoms with E-state index >= 15 is 0 Å². The number of nitrogens with zero attached hydrogens (tertiary/aromatic N) is 2. The van der Waals surface area contributed by atoms with Crippen molar-refractivity contribution in [3.05, 3.63) is 45.3 Å². The summed E-state index contributed by atoms with van der Waals surface area (Å²) < 4.78 is 6.11. The van der Waals surface area contributed by atoms with Gasteiger partial charge in [0.25, 0.3) is 0 Å². The fourth-order valence-electron chi connectivity index (χ4n) is 3.92. The molecule has 1 aromatic carbocycles. The molecule has 1 N–H and O–H groups in total. The van der Waals surface area contributed by atoms with Crippen LogP contribution in [0.4, 0.5) is 5.69 Å². The van der Waals surface area contributed by atoms with Crippen LogP contribution in [0.3, 0.4) is 0 Å². The van der Waals surface area contributed by atoms with E-state index in [2.05, 4.69) is 36.2 Å². The molecule has 6 heteroatoms. The van der Waals surface area contributed by atoms with Crippen LogP contribution >= 0.6 is 0 Å². The van der Waals surface area contributed by atoms with E-state index in [-0.39, 0.29) is 17.4 Å². The molecule has 0 saturated heterocycles. The summed E-state index contributed by atoms with van der Waals surface area (Å²) in [6.45, 7) is 7.64. The summed E-state index contributed by atoms with van der Waals surface area (Å²) in [5.74, 6) is 0.229. The number of carbonyl (C=O) groups is 1. The van der Waals surface area contributed by atoms with Gasteiger partial charge in [-0.3, -0.25) is 14.5 Å². The first-order valence-electron chi connectivity index (χ1n) is 9.62. The van der Waals surface area contributed by atoms with E-state index in [9.17, 15) is 9.59 Å². The van der Waals surface area contributed by atoms with Crippen molar-refractivity contribution in [2.75, 3.05) is 18.4 Å². The molecule has 0 aromatic heterocycles. The zero-order valence-corrected chi connectivity index (χ0v) is 16.3. The van der Waals surface area contributed by atoms with Gasteiger partial charge in [-0.15, -0.1) is 0 Å². The standard InChI is InChI=1S/C22H23N3O3/c1-4-25(5-2)14-9-10-16-19(11-14)28-20-12-18(27)15-7-6-8-17(23-13(3)26)21(15)22(20)24-16/h6-8,10-12,14H,4-5,9H2,1-3H3,(H,23,26). The Morgan fingerprint density at radius 3 is 2.82 bits per heavy atom. The van der Waals surface area contributed by atoms with Crippen LogP contribution in [0.1, 0.15) is 27.2 Å². The van der Waals surface area contributed by atoms with E-state index in [0.29, 0.717) is 33.3 Å². The molecule has 0 radical (unpaired) electrons. The second-order valence-corrected chi connectivity index (χ2v) is 6.99. The van der Waals surface area contributed by atoms with E-state index in [1.54, 1.807) is 18.2 Å². The minimum absolute atomic E-state index is 0.153. The molecule has 1 aliphatic heterocycles. The molecule has 2 aliphatic carbocycles. The van der Waals surface area contributed by atoms with Crippen LogP contribution in [0.5, 0.6) is 0 Å². The summed E-state index contributed by atoms with van der Waals surface area (Å²) in [5.41, 5.74) is 1.69. The Balaban J connectivity index is 2.00. The largest absolute Gasteiger partial charge is 0.453 e. The van der Waals surface area contributed by atoms with Crippen molar-refractivity contribution in [1.82, 2.24) is 9.88 Å². The number of amides is 1. The Labute approximate surface area is 162 Å². The van der Waals surface area contributed by atoms with Gasteiger partial charge < -0.3 is 9.73 Å². The van der Waals surface area contributed by atoms with Crippen LogP contribution in [-0.4, -0.2) is 34.9 Å². The molecule has 0 saturated carbocycles. The lowest BCUT2D eigenvalue weighted by Gasteiger charge is -2.27. The molecule has 4 rings (SSSR count). The normalized spacial score (nSPS) is 15.9. The van der Waals surface area contributed by atoms with Gasteiger partial charge in [-0.25, -0.2) is 4.98 Å². The highest BCUT2D eigenvalue weighted by atomic mass is 16.3. The molecular weight excluding hydrogens is 354 g/mol. The van der Waals surface area contributed by atoms with Crippen molar-refractivity contribution in [3.8, 4) is 11.5 Å². The SMILES string of the molecule is CCN(CC)C1C=c2oc3cc(=O)c4cccc(NC(C)=O)c4c-3nc2=CC1. The summed E-state index contributed by atoms with van der Waals surface area (Å²) in [7, 11) is 0. The highest BCUT2D eigenvalue weighted by Crippen LogP contribution is 2.31. The summed E-state index contributed by atoms with van der Waals surface area (Å²) in [4.78, 5) is 31.4. The molecule has 3 aliphatic rings. The molecule has 1 heterocycles. The van der Waals surface area contributed by atoms with Gasteiger partial charge in [0.2, 0.25) is 5.91 Å². The van der Waals surface area contributed by atoms with Gasteiger partial charge in [0.05, 0.1) is 5.69 Å². The monoisotopic (exact) mass is 377 g/mol. The second-order valence-electron chi connectivity index (χ2n) is 6.99. The van der Waals surface area contributed by atoms with Gasteiger partial charge in [-0.1, -0.05) is 32.1 Å². The highest BCUT2D eigenvalue weighted by Gasteiger charge is 2.20. The van der Waals surface area contributed by atoms with E-state index in [1.807, 2.05) is 0 Å². The van der Waals surface area contributed by atoms with Gasteiger partial charge >= 0.3 is 0 Å². The lowest BCUT2D eigenvalue weighted by atomic mass is 10.0. The van der Waals surface area contributed by atoms with Crippen molar-refractivity contribution >= 4 is 34.5 Å². The lowest BCUT2D eigenvalue weighted by molar-refractivity contribution is -0.114. The first-order valence-corrected chi connectivity index (χ1v) is 9.62. The predicted octanol–water partition coefficient (Wildman–Crippen LogP) is 1.93. The van der Waals surface area contributed by atoms with Gasteiger partial charge in [0.15, 0.2) is 11.2 Å². The van der Waals surface area contributed by atoms with Crippen LogP contribution in [0, 0.1) is 0 Å². The number of anilines is 1. The molecule has 1 unspecified atom stereocenters. The topological polar surface area (TPSA) is 75.4 Å². The van der Waals surface area contributed by atoms with Crippen LogP contribution < -0.4 is 21.5 Å². The van der Waals surface area contributed by atoms with Crippen LogP contribution in [-0.2, 0) is 4.79 Å². The molecule has 6 nitrogen and oxygen atoms in total. The van der Waals surface area contributed by atoms with Gasteiger partial charge in [-0.05, 0) is 31.7 Å². The maximum atomic E-state index is 12.6. The quantitative estimate of drug-likeness (QED) is 0.703. The van der Waals surface area contributed by atoms with Crippen LogP contribution in [0.15, 0.2) is 33.5 Å². The maximum Gasteiger partial charge on any atom is 0.221 e. The number of rotatable bonds is 4. The van der Waals surface area contributed by atoms with Crippen molar-refractivity contribution < 1.29 is 9.21 Å². The number of benzene rings is 2. The zero-order chi connectivity index (χ0) is 19.8. The van der Waals surface area contributed by atoms with Crippen molar-refractivity contribution in [2.45, 2.75) is 33.2 Å². The molecule has 0 fully saturated rings. The average Bonchev–Trinajstić information content (AvgIpc) is 2.67. The number of hydrogen-bond donors (Lipinski definition) is 1. The molecular formula is C22H23N3O3. The number of aromatic nitrogens is 1. The van der Waals surface area contributed by atoms with Crippen LogP contribution in [0.25, 0.3) is 34.4 Å². The Morgan fingerprint density at radius 1 is 1.32 bits per heavy atom. The second kappa shape index (κ2) is 7.20. The number of nitrogens with one attached hydrogen (secondary N) is 1. The van der Waals surface area contributed by atoms with Crippen molar-refractivity contribution in [2.24, 2.45) is 0 Å². The van der Waals surface area contributed by atoms with E-state index in [0.717, 1.165) is 24.9 Å². The minimum atomic E-state index is -0.200. The van der Waals surface area contributed by atoms with Gasteiger partial charge in [-0.2, -0.15) is 0 Å². The summed E-state index contributed by atoms with van der Waals surface area (Å²) in [5, 5.41) is 4.70. The predicted molar refractivity (Wildman–Crippen MR) is 111 cm³/mol. The Morgan fingerprint density at radius 2 is 2.11 bits per heavy atom. The molecule has 0 spiro atoms. The fourth-order valence-corrected chi connectivity index (χ4v) is 3.92. The third kappa shape index (κ3) is 3.10. The third-order valence-electron chi connectivity index (χ3n) is 5.26. The van der Waals surface area contributed by atoms with Crippen LogP contribution in [0.2, 0.25) is 0 Å². The fraction of sp³-hybridized carbons (Fsp3) is 0.318. The molecule has 1 atom stereocenters. The summed E-state index contributed by atoms with van der Waals surface area (Å²) >= 11 is 0. The smallest absolute Gasteiger partial charge is 0.221 e. The molecule has 28 heavy (non-hydrogen) atoms. The Bertz CT molecular complexity index is 1210. The lowest BCUT2D eigenvalue weighted by Crippen LogP contribution is -2.41. The number of hydrogen-bond acceptors (Lipinski definition) is 5. The minimum Gasteiger partial charge on any atom is -0.453 e. The van der Waals surface area contributed by atoms with E-state index in [1.165, 1.54) is 13.0 Å². The van der Waals surface area contributed by atoms with Crippen molar-refractivity contribution in [3.63, 3.8) is 0 Å². The number of carbonyl (C=O) groups excluding carboxylic acids is 1. The third-order valence-corrected chi connectivity index (χ3v) is 5.26. The molecule has 0 bridgehead atoms. The summed E-state index contributed by atoms with van der Waals surface area (Å²) in [6.07, 6.45) is 5.03. The first-order chi connectivity index (χ1) is 13.5. The van der Waals surface area contributed by atoms with E-state index in [4.69, 9.17) is 9.40 Å².